The summed E-state index contributed by atoms with van der Waals surface area (Å²) in [5.41, 5.74) is -0.811. The minimum Gasteiger partial charge on any atom is -0.481 e. The van der Waals surface area contributed by atoms with E-state index < -0.39 is 5.41 Å². The fourth-order valence-electron chi connectivity index (χ4n) is 4.75. The lowest BCUT2D eigenvalue weighted by molar-refractivity contribution is -0.146. The first-order valence-electron chi connectivity index (χ1n) is 11.5. The monoisotopic (exact) mass is 417 g/mol. The molecule has 0 heterocycles. The van der Waals surface area contributed by atoms with Gasteiger partial charge in [-0.3, -0.25) is 10.2 Å². The van der Waals surface area contributed by atoms with Gasteiger partial charge in [0.25, 0.3) is 0 Å². The Hall–Kier alpha value is -2.08. The first-order chi connectivity index (χ1) is 14.3. The van der Waals surface area contributed by atoms with Crippen LogP contribution in [-0.4, -0.2) is 25.1 Å². The van der Waals surface area contributed by atoms with Gasteiger partial charge in [0.2, 0.25) is 0 Å². The van der Waals surface area contributed by atoms with E-state index in [1.54, 1.807) is 6.92 Å². The molecule has 30 heavy (non-hydrogen) atoms. The van der Waals surface area contributed by atoms with Crippen LogP contribution in [0.2, 0.25) is 0 Å². The molecule has 0 amide bonds. The summed E-state index contributed by atoms with van der Waals surface area (Å²) < 4.78 is 10.1. The predicted octanol–water partition coefficient (Wildman–Crippen LogP) is 5.77. The highest BCUT2D eigenvalue weighted by atomic mass is 16.5. The van der Waals surface area contributed by atoms with Crippen molar-refractivity contribution in [3.8, 4) is 12.1 Å². The fourth-order valence-corrected chi connectivity index (χ4v) is 4.75. The van der Waals surface area contributed by atoms with Crippen molar-refractivity contribution in [1.29, 1.82) is 15.9 Å². The van der Waals surface area contributed by atoms with E-state index >= 15 is 0 Å². The molecule has 6 heteroatoms. The third-order valence-corrected chi connectivity index (χ3v) is 6.91. The maximum atomic E-state index is 11.4. The average Bonchev–Trinajstić information content (AvgIpc) is 2.72. The summed E-state index contributed by atoms with van der Waals surface area (Å²) in [4.78, 5) is 11.4. The zero-order chi connectivity index (χ0) is 22.6. The average molecular weight is 418 g/mol. The van der Waals surface area contributed by atoms with Gasteiger partial charge < -0.3 is 9.47 Å². The van der Waals surface area contributed by atoms with E-state index in [2.05, 4.69) is 26.0 Å². The molecule has 0 saturated heterocycles. The van der Waals surface area contributed by atoms with Gasteiger partial charge in [-0.25, -0.2) is 0 Å². The zero-order valence-corrected chi connectivity index (χ0v) is 19.3. The van der Waals surface area contributed by atoms with Crippen molar-refractivity contribution >= 4 is 11.9 Å². The van der Waals surface area contributed by atoms with Gasteiger partial charge in [-0.05, 0) is 51.4 Å². The Morgan fingerprint density at radius 3 is 1.77 bits per heavy atom. The van der Waals surface area contributed by atoms with Crippen molar-refractivity contribution in [3.05, 3.63) is 0 Å². The summed E-state index contributed by atoms with van der Waals surface area (Å²) in [7, 11) is 0. The van der Waals surface area contributed by atoms with Gasteiger partial charge in [0, 0.05) is 6.42 Å². The lowest BCUT2D eigenvalue weighted by atomic mass is 9.66. The van der Waals surface area contributed by atoms with Crippen molar-refractivity contribution < 1.29 is 14.3 Å². The molecule has 1 N–H and O–H groups in total. The molecule has 0 aromatic heterocycles. The molecule has 0 aliphatic heterocycles. The number of carbonyl (C=O) groups is 1. The molecular weight excluding hydrogens is 378 g/mol. The van der Waals surface area contributed by atoms with Crippen LogP contribution in [0, 0.1) is 50.7 Å². The largest absolute Gasteiger partial charge is 0.481 e. The molecule has 0 radical (unpaired) electrons. The summed E-state index contributed by atoms with van der Waals surface area (Å²) in [6.45, 7) is 8.78. The molecule has 6 nitrogen and oxygen atoms in total. The number of esters is 1. The quantitative estimate of drug-likeness (QED) is 0.335. The number of hydrogen-bond donors (Lipinski definition) is 1. The summed E-state index contributed by atoms with van der Waals surface area (Å²) in [6.07, 6.45) is 9.20. The highest BCUT2D eigenvalue weighted by molar-refractivity contribution is 5.74. The van der Waals surface area contributed by atoms with Crippen molar-refractivity contribution in [2.75, 3.05) is 13.2 Å². The number of hydrogen-bond acceptors (Lipinski definition) is 6. The molecule has 4 unspecified atom stereocenters. The molecule has 168 valence electrons. The van der Waals surface area contributed by atoms with E-state index in [9.17, 15) is 15.3 Å². The predicted molar refractivity (Wildman–Crippen MR) is 117 cm³/mol. The summed E-state index contributed by atoms with van der Waals surface area (Å²) >= 11 is 0. The number of carbonyl (C=O) groups excluding carboxylic acids is 1. The Bertz CT molecular complexity index is 595. The molecule has 2 aliphatic carbocycles. The van der Waals surface area contributed by atoms with Crippen LogP contribution in [0.4, 0.5) is 0 Å². The van der Waals surface area contributed by atoms with E-state index in [4.69, 9.17) is 14.9 Å². The van der Waals surface area contributed by atoms with E-state index in [0.717, 1.165) is 38.5 Å². The Balaban J connectivity index is 0.000000300. The third-order valence-electron chi connectivity index (χ3n) is 6.91. The molecule has 0 aromatic rings. The molecule has 2 fully saturated rings. The zero-order valence-electron chi connectivity index (χ0n) is 19.3. The molecule has 2 aliphatic rings. The second-order valence-corrected chi connectivity index (χ2v) is 8.84. The summed E-state index contributed by atoms with van der Waals surface area (Å²) in [5, 5.41) is 26.3. The van der Waals surface area contributed by atoms with Crippen molar-refractivity contribution in [3.63, 3.8) is 0 Å². The van der Waals surface area contributed by atoms with Crippen LogP contribution < -0.4 is 0 Å². The SMILES string of the molecule is CCOC(=N)CC1(C#N)CCCCC1C.CCOC(=O)CC1(C#N)CCCCC1C. The van der Waals surface area contributed by atoms with Gasteiger partial charge in [0.1, 0.15) is 0 Å². The standard InChI is InChI=1S/C12H20N2O.C12H19NO2/c2*1-3-15-11(14)8-12(9-13)7-5-4-6-10(12)2/h10,14H,3-8H2,1-2H3;10H,3-8H2,1-2H3. The van der Waals surface area contributed by atoms with Gasteiger partial charge in [-0.1, -0.05) is 39.5 Å². The van der Waals surface area contributed by atoms with E-state index in [1.165, 1.54) is 12.8 Å². The first kappa shape index (κ1) is 26.0. The fraction of sp³-hybridized carbons (Fsp3) is 0.833. The maximum absolute atomic E-state index is 11.4. The van der Waals surface area contributed by atoms with Crippen LogP contribution in [-0.2, 0) is 14.3 Å². The Kier molecular flexibility index (Phi) is 10.9. The number of nitrogens with zero attached hydrogens (tertiary/aromatic N) is 2. The van der Waals surface area contributed by atoms with Gasteiger partial charge in [0.15, 0.2) is 5.90 Å². The van der Waals surface area contributed by atoms with Crippen LogP contribution in [0.1, 0.15) is 91.9 Å². The molecule has 0 aromatic carbocycles. The summed E-state index contributed by atoms with van der Waals surface area (Å²) in [6, 6.07) is 4.79. The van der Waals surface area contributed by atoms with Crippen LogP contribution in [0.15, 0.2) is 0 Å². The van der Waals surface area contributed by atoms with Crippen LogP contribution >= 0.6 is 0 Å². The first-order valence-corrected chi connectivity index (χ1v) is 11.5. The van der Waals surface area contributed by atoms with Gasteiger partial charge in [0.05, 0.1) is 42.6 Å². The highest BCUT2D eigenvalue weighted by Crippen LogP contribution is 2.44. The molecule has 0 spiro atoms. The van der Waals surface area contributed by atoms with Gasteiger partial charge in [-0.15, -0.1) is 0 Å². The topological polar surface area (TPSA) is 107 Å². The smallest absolute Gasteiger partial charge is 0.307 e. The molecular formula is C24H39N3O3. The maximum Gasteiger partial charge on any atom is 0.307 e. The molecule has 4 atom stereocenters. The second-order valence-electron chi connectivity index (χ2n) is 8.84. The lowest BCUT2D eigenvalue weighted by Crippen LogP contribution is -2.33. The van der Waals surface area contributed by atoms with Crippen LogP contribution in [0.3, 0.4) is 0 Å². The van der Waals surface area contributed by atoms with E-state index in [1.807, 2.05) is 6.92 Å². The third kappa shape index (κ3) is 7.01. The second kappa shape index (κ2) is 12.6. The van der Waals surface area contributed by atoms with Crippen LogP contribution in [0.5, 0.6) is 0 Å². The van der Waals surface area contributed by atoms with E-state index in [-0.39, 0.29) is 23.7 Å². The molecule has 2 saturated carbocycles. The Morgan fingerprint density at radius 2 is 1.37 bits per heavy atom. The molecule has 0 bridgehead atoms. The van der Waals surface area contributed by atoms with Crippen molar-refractivity contribution in [2.45, 2.75) is 91.9 Å². The van der Waals surface area contributed by atoms with Crippen LogP contribution in [0.25, 0.3) is 0 Å². The lowest BCUT2D eigenvalue weighted by Gasteiger charge is -2.36. The van der Waals surface area contributed by atoms with Crippen molar-refractivity contribution in [2.24, 2.45) is 22.7 Å². The van der Waals surface area contributed by atoms with Gasteiger partial charge in [-0.2, -0.15) is 10.5 Å². The number of ether oxygens (including phenoxy) is 2. The number of nitriles is 2. The minimum atomic E-state index is -0.468. The normalized spacial score (nSPS) is 30.6. The number of nitrogens with one attached hydrogen (secondary N) is 1. The molecule has 2 rings (SSSR count). The van der Waals surface area contributed by atoms with E-state index in [0.29, 0.717) is 31.5 Å². The summed E-state index contributed by atoms with van der Waals surface area (Å²) in [5.74, 6) is 0.735. The van der Waals surface area contributed by atoms with Crippen molar-refractivity contribution in [1.82, 2.24) is 0 Å². The minimum absolute atomic E-state index is 0.229. The number of rotatable bonds is 6. The Labute approximate surface area is 182 Å². The Morgan fingerprint density at radius 1 is 0.900 bits per heavy atom. The van der Waals surface area contributed by atoms with Gasteiger partial charge >= 0.3 is 5.97 Å². The highest BCUT2D eigenvalue weighted by Gasteiger charge is 2.41.